The van der Waals surface area contributed by atoms with Gasteiger partial charge in [-0.3, -0.25) is 14.6 Å². The Bertz CT molecular complexity index is 1330. The van der Waals surface area contributed by atoms with Crippen LogP contribution in [0.4, 0.5) is 13.2 Å². The molecule has 12 heteroatoms. The summed E-state index contributed by atoms with van der Waals surface area (Å²) in [7, 11) is -2.01. The quantitative estimate of drug-likeness (QED) is 0.443. The third-order valence-corrected chi connectivity index (χ3v) is 10.6. The summed E-state index contributed by atoms with van der Waals surface area (Å²) in [5, 5.41) is 4.13. The molecule has 1 aromatic rings. The number of aryl methyl sites for hydroxylation is 2. The van der Waals surface area contributed by atoms with Crippen molar-refractivity contribution in [3.05, 3.63) is 39.8 Å². The van der Waals surface area contributed by atoms with Crippen LogP contribution < -0.4 is 5.32 Å². The normalized spacial score (nSPS) is 23.3. The molecule has 1 saturated heterocycles. The van der Waals surface area contributed by atoms with Crippen molar-refractivity contribution in [3.8, 4) is 0 Å². The standard InChI is InChI=1S/C30H41F3N4O4S/c1-20-17-24(19-36(4)22(3)38)18-21(2)26(20)10-16-42(40,41)37-14-12-29(13-15-37)28(39)34-27(35-29)25-7-5-23(6-8-25)9-11-30(31,32)33/h10,16-18,23,25H,5-9,11-15,19H2,1-4H3,(H,34,35,39). The lowest BCUT2D eigenvalue weighted by Crippen LogP contribution is -2.50. The largest absolute Gasteiger partial charge is 0.389 e. The van der Waals surface area contributed by atoms with Gasteiger partial charge in [-0.15, -0.1) is 0 Å². The van der Waals surface area contributed by atoms with Gasteiger partial charge in [0, 0.05) is 51.4 Å². The maximum Gasteiger partial charge on any atom is 0.389 e. The molecule has 42 heavy (non-hydrogen) atoms. The number of nitrogens with one attached hydrogen (secondary N) is 1. The van der Waals surface area contributed by atoms with Crippen molar-refractivity contribution < 1.29 is 31.2 Å². The molecule has 4 rings (SSSR count). The molecule has 0 unspecified atom stereocenters. The second-order valence-corrected chi connectivity index (χ2v) is 13.9. The minimum atomic E-state index is -4.14. The monoisotopic (exact) mass is 610 g/mol. The zero-order valence-corrected chi connectivity index (χ0v) is 25.6. The van der Waals surface area contributed by atoms with Crippen molar-refractivity contribution in [2.75, 3.05) is 20.1 Å². The number of nitrogens with zero attached hydrogens (tertiary/aromatic N) is 3. The molecular formula is C30H41F3N4O4S. The lowest BCUT2D eigenvalue weighted by Gasteiger charge is -2.34. The highest BCUT2D eigenvalue weighted by atomic mass is 32.2. The van der Waals surface area contributed by atoms with Crippen molar-refractivity contribution >= 4 is 33.7 Å². The highest BCUT2D eigenvalue weighted by Crippen LogP contribution is 2.38. The molecular weight excluding hydrogens is 569 g/mol. The van der Waals surface area contributed by atoms with Crippen molar-refractivity contribution in [1.29, 1.82) is 0 Å². The van der Waals surface area contributed by atoms with Gasteiger partial charge < -0.3 is 10.2 Å². The molecule has 1 aliphatic carbocycles. The van der Waals surface area contributed by atoms with Crippen LogP contribution in [0, 0.1) is 25.7 Å². The van der Waals surface area contributed by atoms with Crippen molar-refractivity contribution in [2.24, 2.45) is 16.8 Å². The van der Waals surface area contributed by atoms with E-state index in [2.05, 4.69) is 5.32 Å². The predicted molar refractivity (Wildman–Crippen MR) is 156 cm³/mol. The summed E-state index contributed by atoms with van der Waals surface area (Å²) in [5.74, 6) is 0.405. The van der Waals surface area contributed by atoms with Gasteiger partial charge in [-0.2, -0.15) is 17.5 Å². The van der Waals surface area contributed by atoms with Crippen molar-refractivity contribution in [3.63, 3.8) is 0 Å². The number of amidine groups is 1. The number of piperidine rings is 1. The fraction of sp³-hybridized carbons (Fsp3) is 0.633. The number of carbonyl (C=O) groups excluding carboxylic acids is 2. The van der Waals surface area contributed by atoms with Crippen LogP contribution in [0.1, 0.15) is 80.5 Å². The Labute approximate surface area is 246 Å². The van der Waals surface area contributed by atoms with Gasteiger partial charge >= 0.3 is 6.18 Å². The average Bonchev–Trinajstić information content (AvgIpc) is 3.22. The molecule has 0 bridgehead atoms. The summed E-state index contributed by atoms with van der Waals surface area (Å²) in [5.41, 5.74) is 2.59. The van der Waals surface area contributed by atoms with Crippen LogP contribution in [0.5, 0.6) is 0 Å². The topological polar surface area (TPSA) is 99.2 Å². The van der Waals surface area contributed by atoms with E-state index < -0.39 is 28.2 Å². The van der Waals surface area contributed by atoms with Crippen molar-refractivity contribution in [2.45, 2.75) is 90.4 Å². The Kier molecular flexibility index (Phi) is 9.56. The maximum absolute atomic E-state index is 13.2. The Balaban J connectivity index is 1.36. The van der Waals surface area contributed by atoms with E-state index in [9.17, 15) is 31.2 Å². The summed E-state index contributed by atoms with van der Waals surface area (Å²) in [6.45, 7) is 6.11. The van der Waals surface area contributed by atoms with Gasteiger partial charge in [0.15, 0.2) is 0 Å². The van der Waals surface area contributed by atoms with E-state index in [1.165, 1.54) is 16.6 Å². The molecule has 1 N–H and O–H groups in total. The molecule has 232 valence electrons. The van der Waals surface area contributed by atoms with Crippen LogP contribution in [0.15, 0.2) is 22.5 Å². The van der Waals surface area contributed by atoms with E-state index in [1.807, 2.05) is 26.0 Å². The van der Waals surface area contributed by atoms with Crippen LogP contribution in [-0.2, 0) is 26.2 Å². The van der Waals surface area contributed by atoms with Gasteiger partial charge in [-0.1, -0.05) is 12.1 Å². The Morgan fingerprint density at radius 1 is 1.14 bits per heavy atom. The number of alkyl halides is 3. The van der Waals surface area contributed by atoms with E-state index >= 15 is 0 Å². The second-order valence-electron chi connectivity index (χ2n) is 12.1. The number of hydrogen-bond donors (Lipinski definition) is 1. The minimum Gasteiger partial charge on any atom is -0.342 e. The molecule has 1 saturated carbocycles. The molecule has 1 spiro atoms. The van der Waals surface area contributed by atoms with Crippen molar-refractivity contribution in [1.82, 2.24) is 14.5 Å². The predicted octanol–water partition coefficient (Wildman–Crippen LogP) is 5.09. The first-order valence-electron chi connectivity index (χ1n) is 14.6. The highest BCUT2D eigenvalue weighted by Gasteiger charge is 2.48. The number of amides is 2. The molecule has 0 atom stereocenters. The van der Waals surface area contributed by atoms with Gasteiger partial charge in [0.2, 0.25) is 15.9 Å². The lowest BCUT2D eigenvalue weighted by atomic mass is 9.79. The summed E-state index contributed by atoms with van der Waals surface area (Å²) in [4.78, 5) is 31.0. The number of halogens is 3. The zero-order chi connectivity index (χ0) is 30.9. The van der Waals surface area contributed by atoms with E-state index in [-0.39, 0.29) is 56.0 Å². The first-order chi connectivity index (χ1) is 19.6. The number of rotatable bonds is 8. The molecule has 1 aromatic carbocycles. The molecule has 2 aliphatic heterocycles. The first kappa shape index (κ1) is 32.2. The Hall–Kier alpha value is -2.73. The van der Waals surface area contributed by atoms with Gasteiger partial charge in [-0.05, 0) is 93.0 Å². The van der Waals surface area contributed by atoms with Crippen LogP contribution in [0.3, 0.4) is 0 Å². The number of hydrogen-bond acceptors (Lipinski definition) is 5. The number of sulfonamides is 1. The van der Waals surface area contributed by atoms with Crippen LogP contribution in [0.2, 0.25) is 0 Å². The SMILES string of the molecule is CC(=O)N(C)Cc1cc(C)c(C=CS(=O)(=O)N2CCC3(CC2)N=C(C2CCC(CCC(F)(F)F)CC2)NC3=O)c(C)c1. The first-order valence-corrected chi connectivity index (χ1v) is 16.1. The van der Waals surface area contributed by atoms with E-state index in [0.717, 1.165) is 22.3 Å². The third-order valence-electron chi connectivity index (χ3n) is 9.00. The summed E-state index contributed by atoms with van der Waals surface area (Å²) >= 11 is 0. The molecule has 3 aliphatic rings. The van der Waals surface area contributed by atoms with Crippen LogP contribution >= 0.6 is 0 Å². The average molecular weight is 611 g/mol. The third kappa shape index (κ3) is 7.61. The van der Waals surface area contributed by atoms with Gasteiger partial charge in [0.1, 0.15) is 11.4 Å². The number of carbonyl (C=O) groups is 2. The second kappa shape index (κ2) is 12.5. The van der Waals surface area contributed by atoms with E-state index in [4.69, 9.17) is 4.99 Å². The van der Waals surface area contributed by atoms with Crippen LogP contribution in [0.25, 0.3) is 6.08 Å². The smallest absolute Gasteiger partial charge is 0.342 e. The molecule has 2 amide bonds. The van der Waals surface area contributed by atoms with E-state index in [1.54, 1.807) is 18.0 Å². The summed E-state index contributed by atoms with van der Waals surface area (Å²) in [6, 6.07) is 3.90. The van der Waals surface area contributed by atoms with Crippen LogP contribution in [-0.4, -0.2) is 67.1 Å². The summed E-state index contributed by atoms with van der Waals surface area (Å²) in [6.07, 6.45) is 0.127. The fourth-order valence-corrected chi connectivity index (χ4v) is 7.49. The lowest BCUT2D eigenvalue weighted by molar-refractivity contribution is -0.138. The van der Waals surface area contributed by atoms with E-state index in [0.29, 0.717) is 38.1 Å². The summed E-state index contributed by atoms with van der Waals surface area (Å²) < 4.78 is 65.5. The Morgan fingerprint density at radius 3 is 2.29 bits per heavy atom. The fourth-order valence-electron chi connectivity index (χ4n) is 6.32. The molecule has 8 nitrogen and oxygen atoms in total. The molecule has 2 heterocycles. The van der Waals surface area contributed by atoms with Gasteiger partial charge in [0.05, 0.1) is 0 Å². The molecule has 2 fully saturated rings. The highest BCUT2D eigenvalue weighted by molar-refractivity contribution is 7.92. The zero-order valence-electron chi connectivity index (χ0n) is 24.8. The maximum atomic E-state index is 13.2. The van der Waals surface area contributed by atoms with Gasteiger partial charge in [-0.25, -0.2) is 8.42 Å². The molecule has 0 radical (unpaired) electrons. The molecule has 0 aromatic heterocycles. The number of benzene rings is 1. The number of aliphatic imine (C=N–C) groups is 1. The van der Waals surface area contributed by atoms with Gasteiger partial charge in [0.25, 0.3) is 5.91 Å². The Morgan fingerprint density at radius 2 is 1.74 bits per heavy atom. The minimum absolute atomic E-state index is 0.0147.